The minimum atomic E-state index is -0.0972. The van der Waals surface area contributed by atoms with Crippen LogP contribution in [0.2, 0.25) is 0 Å². The summed E-state index contributed by atoms with van der Waals surface area (Å²) in [5.74, 6) is -0.0972. The average molecular weight is 254 g/mol. The normalized spacial score (nSPS) is 9.53. The Morgan fingerprint density at radius 3 is 2.37 bits per heavy atom. The Kier molecular flexibility index (Phi) is 9.10. The van der Waals surface area contributed by atoms with Crippen molar-refractivity contribution in [2.75, 3.05) is 7.05 Å². The molecule has 0 spiro atoms. The molecule has 0 unspecified atom stereocenters. The van der Waals surface area contributed by atoms with E-state index >= 15 is 0 Å². The molecule has 0 atom stereocenters. The SMILES string of the molecule is C=C(C)C(=O)NC.N#CC=CC=Cc1ccccc1. The molecular weight excluding hydrogens is 236 g/mol. The second kappa shape index (κ2) is 10.5. The summed E-state index contributed by atoms with van der Waals surface area (Å²) < 4.78 is 0. The molecule has 0 saturated carbocycles. The fourth-order valence-corrected chi connectivity index (χ4v) is 1.04. The predicted molar refractivity (Wildman–Crippen MR) is 79.1 cm³/mol. The first kappa shape index (κ1) is 16.4. The number of benzene rings is 1. The molecule has 3 heteroatoms. The summed E-state index contributed by atoms with van der Waals surface area (Å²) in [5.41, 5.74) is 1.68. The lowest BCUT2D eigenvalue weighted by Gasteiger charge is -1.91. The van der Waals surface area contributed by atoms with Crippen molar-refractivity contribution in [1.29, 1.82) is 5.26 Å². The maximum Gasteiger partial charge on any atom is 0.246 e. The van der Waals surface area contributed by atoms with Gasteiger partial charge in [-0.25, -0.2) is 0 Å². The van der Waals surface area contributed by atoms with E-state index in [2.05, 4.69) is 11.9 Å². The van der Waals surface area contributed by atoms with E-state index in [4.69, 9.17) is 5.26 Å². The lowest BCUT2D eigenvalue weighted by Crippen LogP contribution is -2.17. The van der Waals surface area contributed by atoms with E-state index < -0.39 is 0 Å². The van der Waals surface area contributed by atoms with Gasteiger partial charge in [0.1, 0.15) is 0 Å². The number of likely N-dealkylation sites (N-methyl/N-ethyl adjacent to an activating group) is 1. The van der Waals surface area contributed by atoms with Crippen LogP contribution >= 0.6 is 0 Å². The summed E-state index contributed by atoms with van der Waals surface area (Å²) in [5, 5.41) is 10.6. The number of carbonyl (C=O) groups excluding carboxylic acids is 1. The lowest BCUT2D eigenvalue weighted by atomic mass is 10.2. The minimum absolute atomic E-state index is 0.0972. The zero-order chi connectivity index (χ0) is 14.5. The van der Waals surface area contributed by atoms with E-state index in [1.165, 1.54) is 6.08 Å². The van der Waals surface area contributed by atoms with E-state index in [-0.39, 0.29) is 5.91 Å². The summed E-state index contributed by atoms with van der Waals surface area (Å²) in [7, 11) is 1.58. The maximum absolute atomic E-state index is 10.3. The number of nitrogens with zero attached hydrogens (tertiary/aromatic N) is 1. The summed E-state index contributed by atoms with van der Waals surface area (Å²) in [6.45, 7) is 5.08. The molecule has 0 saturated heterocycles. The van der Waals surface area contributed by atoms with Gasteiger partial charge in [-0.2, -0.15) is 5.26 Å². The molecule has 98 valence electrons. The Morgan fingerprint density at radius 1 is 1.32 bits per heavy atom. The molecule has 0 aliphatic carbocycles. The number of nitrogens with one attached hydrogen (secondary N) is 1. The van der Waals surface area contributed by atoms with Crippen molar-refractivity contribution in [3.8, 4) is 6.07 Å². The van der Waals surface area contributed by atoms with E-state index in [1.54, 1.807) is 20.0 Å². The first-order valence-corrected chi connectivity index (χ1v) is 5.77. The summed E-state index contributed by atoms with van der Waals surface area (Å²) >= 11 is 0. The Balaban J connectivity index is 0.000000399. The highest BCUT2D eigenvalue weighted by Crippen LogP contribution is 2.00. The van der Waals surface area contributed by atoms with Crippen molar-refractivity contribution in [1.82, 2.24) is 5.32 Å². The second-order valence-corrected chi connectivity index (χ2v) is 3.62. The smallest absolute Gasteiger partial charge is 0.246 e. The quantitative estimate of drug-likeness (QED) is 0.512. The van der Waals surface area contributed by atoms with Crippen LogP contribution in [0.1, 0.15) is 12.5 Å². The zero-order valence-corrected chi connectivity index (χ0v) is 11.3. The van der Waals surface area contributed by atoms with Crippen LogP contribution in [-0.4, -0.2) is 13.0 Å². The van der Waals surface area contributed by atoms with Gasteiger partial charge in [-0.05, 0) is 12.5 Å². The molecule has 1 amide bonds. The fraction of sp³-hybridized carbons (Fsp3) is 0.125. The molecule has 0 bridgehead atoms. The monoisotopic (exact) mass is 254 g/mol. The Bertz CT molecular complexity index is 493. The summed E-state index contributed by atoms with van der Waals surface area (Å²) in [4.78, 5) is 10.3. The molecule has 0 fully saturated rings. The van der Waals surface area contributed by atoms with Crippen LogP contribution in [0.15, 0.2) is 60.7 Å². The third-order valence-corrected chi connectivity index (χ3v) is 1.98. The Labute approximate surface area is 114 Å². The van der Waals surface area contributed by atoms with E-state index in [0.717, 1.165) is 5.56 Å². The third kappa shape index (κ3) is 9.13. The summed E-state index contributed by atoms with van der Waals surface area (Å²) in [6.07, 6.45) is 6.96. The van der Waals surface area contributed by atoms with Crippen LogP contribution in [-0.2, 0) is 4.79 Å². The van der Waals surface area contributed by atoms with Gasteiger partial charge in [0, 0.05) is 18.7 Å². The molecule has 19 heavy (non-hydrogen) atoms. The van der Waals surface area contributed by atoms with Crippen molar-refractivity contribution in [2.45, 2.75) is 6.92 Å². The van der Waals surface area contributed by atoms with Crippen LogP contribution < -0.4 is 5.32 Å². The number of carbonyl (C=O) groups is 1. The van der Waals surface area contributed by atoms with Crippen molar-refractivity contribution >= 4 is 12.0 Å². The van der Waals surface area contributed by atoms with Gasteiger partial charge in [0.15, 0.2) is 0 Å². The number of rotatable bonds is 3. The van der Waals surface area contributed by atoms with Gasteiger partial charge in [0.25, 0.3) is 0 Å². The molecule has 1 aromatic carbocycles. The highest BCUT2D eigenvalue weighted by Gasteiger charge is 1.92. The highest BCUT2D eigenvalue weighted by atomic mass is 16.1. The summed E-state index contributed by atoms with van der Waals surface area (Å²) in [6, 6.07) is 11.9. The van der Waals surface area contributed by atoms with Crippen molar-refractivity contribution in [2.24, 2.45) is 0 Å². The zero-order valence-electron chi connectivity index (χ0n) is 11.3. The van der Waals surface area contributed by atoms with Crippen LogP contribution in [0.3, 0.4) is 0 Å². The third-order valence-electron chi connectivity index (χ3n) is 1.98. The molecule has 0 aliphatic rings. The minimum Gasteiger partial charge on any atom is -0.355 e. The van der Waals surface area contributed by atoms with Crippen molar-refractivity contribution in [3.05, 3.63) is 66.3 Å². The number of amides is 1. The first-order chi connectivity index (χ1) is 9.11. The lowest BCUT2D eigenvalue weighted by molar-refractivity contribution is -0.116. The number of nitriles is 1. The van der Waals surface area contributed by atoms with Crippen LogP contribution in [0.4, 0.5) is 0 Å². The molecule has 0 heterocycles. The molecule has 1 N–H and O–H groups in total. The fourth-order valence-electron chi connectivity index (χ4n) is 1.04. The number of hydrogen-bond donors (Lipinski definition) is 1. The molecule has 1 aromatic rings. The van der Waals surface area contributed by atoms with Crippen LogP contribution in [0.25, 0.3) is 6.08 Å². The van der Waals surface area contributed by atoms with Crippen LogP contribution in [0, 0.1) is 11.3 Å². The van der Waals surface area contributed by atoms with Gasteiger partial charge in [0.05, 0.1) is 6.07 Å². The molecule has 0 aliphatic heterocycles. The molecule has 1 rings (SSSR count). The highest BCUT2D eigenvalue weighted by molar-refractivity contribution is 5.91. The molecule has 3 nitrogen and oxygen atoms in total. The van der Waals surface area contributed by atoms with Crippen LogP contribution in [0.5, 0.6) is 0 Å². The molecule has 0 radical (unpaired) electrons. The van der Waals surface area contributed by atoms with E-state index in [1.807, 2.05) is 48.6 Å². The maximum atomic E-state index is 10.3. The Morgan fingerprint density at radius 2 is 1.95 bits per heavy atom. The van der Waals surface area contributed by atoms with Gasteiger partial charge in [0.2, 0.25) is 5.91 Å². The van der Waals surface area contributed by atoms with Gasteiger partial charge in [-0.15, -0.1) is 0 Å². The average Bonchev–Trinajstić information content (AvgIpc) is 2.44. The van der Waals surface area contributed by atoms with Crippen molar-refractivity contribution in [3.63, 3.8) is 0 Å². The largest absolute Gasteiger partial charge is 0.355 e. The van der Waals surface area contributed by atoms with Crippen molar-refractivity contribution < 1.29 is 4.79 Å². The van der Waals surface area contributed by atoms with Gasteiger partial charge >= 0.3 is 0 Å². The number of allylic oxidation sites excluding steroid dienone is 3. The van der Waals surface area contributed by atoms with Gasteiger partial charge in [-0.1, -0.05) is 55.1 Å². The predicted octanol–water partition coefficient (Wildman–Crippen LogP) is 3.09. The second-order valence-electron chi connectivity index (χ2n) is 3.62. The first-order valence-electron chi connectivity index (χ1n) is 5.77. The Hall–Kier alpha value is -2.60. The van der Waals surface area contributed by atoms with Gasteiger partial charge in [-0.3, -0.25) is 4.79 Å². The molecular formula is C16H18N2O. The van der Waals surface area contributed by atoms with E-state index in [9.17, 15) is 4.79 Å². The topological polar surface area (TPSA) is 52.9 Å². The number of hydrogen-bond acceptors (Lipinski definition) is 2. The molecule has 0 aromatic heterocycles. The van der Waals surface area contributed by atoms with Gasteiger partial charge < -0.3 is 5.32 Å². The standard InChI is InChI=1S/C11H9N.C5H9NO/c12-10-6-2-5-9-11-7-3-1-4-8-11;1-4(2)5(7)6-3/h1-9H;1H2,2-3H3,(H,6,7). The van der Waals surface area contributed by atoms with E-state index in [0.29, 0.717) is 5.57 Å².